The van der Waals surface area contributed by atoms with Crippen LogP contribution < -0.4 is 5.32 Å². The molecule has 2 N–H and O–H groups in total. The number of piperidine rings is 2. The molecular weight excluding hydrogens is 490 g/mol. The maximum absolute atomic E-state index is 15.7. The average molecular weight is 516 g/mol. The number of halogens is 4. The molecule has 0 spiro atoms. The Kier molecular flexibility index (Phi) is 6.49. The summed E-state index contributed by atoms with van der Waals surface area (Å²) >= 11 is 0. The Morgan fingerprint density at radius 3 is 2.43 bits per heavy atom. The fourth-order valence-electron chi connectivity index (χ4n) is 5.15. The number of alkyl halides is 3. The molecule has 2 saturated heterocycles. The summed E-state index contributed by atoms with van der Waals surface area (Å²) in [6, 6.07) is 9.72. The Morgan fingerprint density at radius 1 is 1.08 bits per heavy atom. The zero-order valence-electron chi connectivity index (χ0n) is 19.8. The minimum absolute atomic E-state index is 0.149. The fourth-order valence-corrected chi connectivity index (χ4v) is 5.15. The first-order chi connectivity index (χ1) is 17.5. The van der Waals surface area contributed by atoms with Gasteiger partial charge in [-0.25, -0.2) is 4.39 Å². The lowest BCUT2D eigenvalue weighted by molar-refractivity contribution is -0.138. The van der Waals surface area contributed by atoms with Crippen molar-refractivity contribution < 1.29 is 32.3 Å². The lowest BCUT2D eigenvalue weighted by Gasteiger charge is -2.38. The molecule has 2 fully saturated rings. The summed E-state index contributed by atoms with van der Waals surface area (Å²) in [6.07, 6.45) is -1.87. The van der Waals surface area contributed by atoms with E-state index in [1.165, 1.54) is 24.4 Å². The molecule has 5 rings (SSSR count). The van der Waals surface area contributed by atoms with E-state index in [2.05, 4.69) is 10.3 Å². The molecule has 3 aromatic rings. The van der Waals surface area contributed by atoms with Gasteiger partial charge in [-0.3, -0.25) is 24.8 Å². The van der Waals surface area contributed by atoms with Gasteiger partial charge in [0.2, 0.25) is 11.8 Å². The van der Waals surface area contributed by atoms with E-state index in [0.717, 1.165) is 17.7 Å². The topological polar surface area (TPSA) is 82.5 Å². The van der Waals surface area contributed by atoms with Crippen LogP contribution in [0.4, 0.5) is 17.6 Å². The summed E-state index contributed by atoms with van der Waals surface area (Å²) in [6.45, 7) is 1.29. The number of benzene rings is 2. The summed E-state index contributed by atoms with van der Waals surface area (Å²) in [7, 11) is 0. The van der Waals surface area contributed by atoms with Crippen LogP contribution in [0.3, 0.4) is 0 Å². The fraction of sp³-hybridized carbons (Fsp3) is 0.370. The minimum Gasteiger partial charge on any atom is -0.385 e. The third-order valence-corrected chi connectivity index (χ3v) is 7.33. The van der Waals surface area contributed by atoms with Gasteiger partial charge in [0.15, 0.2) is 0 Å². The Hall–Kier alpha value is -3.37. The maximum Gasteiger partial charge on any atom is 0.416 e. The minimum atomic E-state index is -4.39. The number of rotatable bonds is 4. The average Bonchev–Trinajstić information content (AvgIpc) is 2.85. The molecule has 2 aromatic carbocycles. The van der Waals surface area contributed by atoms with Crippen LogP contribution in [-0.2, 0) is 27.9 Å². The zero-order chi connectivity index (χ0) is 26.4. The second-order valence-corrected chi connectivity index (χ2v) is 9.77. The van der Waals surface area contributed by atoms with E-state index in [1.54, 1.807) is 12.1 Å². The zero-order valence-corrected chi connectivity index (χ0v) is 19.8. The van der Waals surface area contributed by atoms with Crippen LogP contribution in [0.1, 0.15) is 53.9 Å². The Bertz CT molecular complexity index is 1350. The monoisotopic (exact) mass is 515 g/mol. The normalized spacial score (nSPS) is 20.7. The highest BCUT2D eigenvalue weighted by Crippen LogP contribution is 2.38. The number of carbonyl (C=O) groups excluding carboxylic acids is 2. The van der Waals surface area contributed by atoms with Crippen LogP contribution in [0, 0.1) is 5.82 Å². The van der Waals surface area contributed by atoms with Gasteiger partial charge in [-0.2, -0.15) is 13.2 Å². The Labute approximate surface area is 210 Å². The molecular formula is C27H25F4N3O3. The SMILES string of the molecule is O=C1CCC(c2cnc3ccc(C4(O)CCN(Cc5ccc(C(F)(F)F)cc5)CC4)c(F)c3c2)C(=O)N1. The molecule has 0 saturated carbocycles. The first kappa shape index (κ1) is 25.3. The van der Waals surface area contributed by atoms with E-state index in [1.807, 2.05) is 4.90 Å². The molecule has 3 heterocycles. The maximum atomic E-state index is 15.7. The molecule has 37 heavy (non-hydrogen) atoms. The van der Waals surface area contributed by atoms with Gasteiger partial charge >= 0.3 is 6.18 Å². The number of nitrogens with one attached hydrogen (secondary N) is 1. The van der Waals surface area contributed by atoms with E-state index in [0.29, 0.717) is 37.1 Å². The van der Waals surface area contributed by atoms with E-state index in [4.69, 9.17) is 0 Å². The standard InChI is InChI=1S/C27H25F4N3O3/c28-24-20-13-17(19-5-8-23(35)33-25(19)36)14-32-22(20)7-6-21(24)26(37)9-11-34(12-10-26)15-16-1-3-18(4-2-16)27(29,30)31/h1-4,6-7,13-14,19,37H,5,8-12,15H2,(H,33,35,36). The summed E-state index contributed by atoms with van der Waals surface area (Å²) in [5.41, 5.74) is -0.350. The first-order valence-electron chi connectivity index (χ1n) is 12.1. The number of nitrogens with zero attached hydrogens (tertiary/aromatic N) is 2. The van der Waals surface area contributed by atoms with Gasteiger partial charge in [-0.15, -0.1) is 0 Å². The van der Waals surface area contributed by atoms with E-state index in [-0.39, 0.29) is 36.1 Å². The number of amides is 2. The quantitative estimate of drug-likeness (QED) is 0.398. The highest BCUT2D eigenvalue weighted by atomic mass is 19.4. The number of aromatic nitrogens is 1. The van der Waals surface area contributed by atoms with Gasteiger partial charge in [0.05, 0.1) is 22.6 Å². The predicted octanol–water partition coefficient (Wildman–Crippen LogP) is 4.40. The molecule has 194 valence electrons. The van der Waals surface area contributed by atoms with Crippen molar-refractivity contribution in [2.75, 3.05) is 13.1 Å². The number of pyridine rings is 1. The van der Waals surface area contributed by atoms with E-state index in [9.17, 15) is 27.9 Å². The first-order valence-corrected chi connectivity index (χ1v) is 12.1. The second-order valence-electron chi connectivity index (χ2n) is 9.77. The molecule has 2 aliphatic rings. The van der Waals surface area contributed by atoms with Crippen LogP contribution >= 0.6 is 0 Å². The van der Waals surface area contributed by atoms with Crippen molar-refractivity contribution in [2.45, 2.75) is 49.9 Å². The lowest BCUT2D eigenvalue weighted by atomic mass is 9.83. The molecule has 0 radical (unpaired) electrons. The highest BCUT2D eigenvalue weighted by Gasteiger charge is 2.37. The van der Waals surface area contributed by atoms with Gasteiger partial charge in [-0.05, 0) is 54.7 Å². The van der Waals surface area contributed by atoms with Crippen molar-refractivity contribution in [1.29, 1.82) is 0 Å². The summed E-state index contributed by atoms with van der Waals surface area (Å²) in [4.78, 5) is 30.0. The molecule has 10 heteroatoms. The van der Waals surface area contributed by atoms with Crippen molar-refractivity contribution in [2.24, 2.45) is 0 Å². The Morgan fingerprint density at radius 2 is 1.78 bits per heavy atom. The molecule has 1 unspecified atom stereocenters. The second kappa shape index (κ2) is 9.50. The third-order valence-electron chi connectivity index (χ3n) is 7.33. The number of fused-ring (bicyclic) bond motifs is 1. The Balaban J connectivity index is 1.32. The smallest absolute Gasteiger partial charge is 0.385 e. The van der Waals surface area contributed by atoms with Crippen LogP contribution in [-0.4, -0.2) is 39.9 Å². The van der Waals surface area contributed by atoms with Gasteiger partial charge < -0.3 is 5.11 Å². The van der Waals surface area contributed by atoms with Gasteiger partial charge in [0, 0.05) is 43.2 Å². The molecule has 2 aliphatic heterocycles. The summed E-state index contributed by atoms with van der Waals surface area (Å²) < 4.78 is 54.1. The largest absolute Gasteiger partial charge is 0.416 e. The van der Waals surface area contributed by atoms with Crippen molar-refractivity contribution in [3.05, 3.63) is 76.7 Å². The molecule has 2 amide bonds. The van der Waals surface area contributed by atoms with Crippen molar-refractivity contribution >= 4 is 22.7 Å². The number of imide groups is 1. The number of hydrogen-bond donors (Lipinski definition) is 2. The molecule has 6 nitrogen and oxygen atoms in total. The molecule has 1 atom stereocenters. The van der Waals surface area contributed by atoms with Crippen LogP contribution in [0.2, 0.25) is 0 Å². The molecule has 1 aromatic heterocycles. The summed E-state index contributed by atoms with van der Waals surface area (Å²) in [5.74, 6) is -1.98. The van der Waals surface area contributed by atoms with Crippen molar-refractivity contribution in [3.8, 4) is 0 Å². The number of likely N-dealkylation sites (tertiary alicyclic amines) is 1. The van der Waals surface area contributed by atoms with Crippen LogP contribution in [0.25, 0.3) is 10.9 Å². The third kappa shape index (κ3) is 5.08. The van der Waals surface area contributed by atoms with Crippen LogP contribution in [0.5, 0.6) is 0 Å². The number of carbonyl (C=O) groups is 2. The summed E-state index contributed by atoms with van der Waals surface area (Å²) in [5, 5.41) is 13.9. The number of hydrogen-bond acceptors (Lipinski definition) is 5. The van der Waals surface area contributed by atoms with Gasteiger partial charge in [0.1, 0.15) is 5.82 Å². The highest BCUT2D eigenvalue weighted by molar-refractivity contribution is 6.01. The van der Waals surface area contributed by atoms with Gasteiger partial charge in [-0.1, -0.05) is 18.2 Å². The van der Waals surface area contributed by atoms with Crippen molar-refractivity contribution in [3.63, 3.8) is 0 Å². The van der Waals surface area contributed by atoms with Gasteiger partial charge in [0.25, 0.3) is 0 Å². The van der Waals surface area contributed by atoms with Crippen molar-refractivity contribution in [1.82, 2.24) is 15.2 Å². The predicted molar refractivity (Wildman–Crippen MR) is 127 cm³/mol. The lowest BCUT2D eigenvalue weighted by Crippen LogP contribution is -2.42. The number of aliphatic hydroxyl groups is 1. The van der Waals surface area contributed by atoms with Crippen LogP contribution in [0.15, 0.2) is 48.7 Å². The molecule has 0 bridgehead atoms. The van der Waals surface area contributed by atoms with E-state index < -0.39 is 35.0 Å². The van der Waals surface area contributed by atoms with E-state index >= 15 is 4.39 Å². The molecule has 0 aliphatic carbocycles.